The van der Waals surface area contributed by atoms with E-state index >= 15 is 0 Å². The molecule has 0 spiro atoms. The number of H-pyrrole nitrogens is 1. The summed E-state index contributed by atoms with van der Waals surface area (Å²) in [6.45, 7) is 0. The van der Waals surface area contributed by atoms with Crippen LogP contribution in [0.1, 0.15) is 0 Å². The van der Waals surface area contributed by atoms with E-state index in [2.05, 4.69) is 19.9 Å². The molecule has 0 atom stereocenters. The van der Waals surface area contributed by atoms with Gasteiger partial charge in [-0.3, -0.25) is 0 Å². The van der Waals surface area contributed by atoms with E-state index in [4.69, 9.17) is 5.73 Å². The number of nitrogens with zero attached hydrogens (tertiary/aromatic N) is 3. The number of nitrogen functional groups attached to an aromatic ring is 1. The van der Waals surface area contributed by atoms with Gasteiger partial charge in [0.2, 0.25) is 0 Å². The van der Waals surface area contributed by atoms with Gasteiger partial charge in [0.1, 0.15) is 11.8 Å². The first-order valence-electron chi connectivity index (χ1n) is 2.77. The van der Waals surface area contributed by atoms with Crippen LogP contribution in [0.5, 0.6) is 0 Å². The van der Waals surface area contributed by atoms with Crippen LogP contribution >= 0.6 is 0 Å². The number of aromatic amines is 1. The molecule has 0 radical (unpaired) electrons. The molecule has 0 aliphatic heterocycles. The quantitative estimate of drug-likeness (QED) is 0.498. The molecular formula is C5H5N5. The molecule has 50 valence electrons. The van der Waals surface area contributed by atoms with Crippen LogP contribution in [0.2, 0.25) is 0 Å². The minimum absolute atomic E-state index is 0.433. The van der Waals surface area contributed by atoms with Gasteiger partial charge in [-0.25, -0.2) is 15.0 Å². The Morgan fingerprint density at radius 3 is 3.00 bits per heavy atom. The van der Waals surface area contributed by atoms with Crippen LogP contribution < -0.4 is 5.73 Å². The summed E-state index contributed by atoms with van der Waals surface area (Å²) in [5.41, 5.74) is 6.78. The van der Waals surface area contributed by atoms with Crippen LogP contribution in [0.25, 0.3) is 11.2 Å². The Morgan fingerprint density at radius 1 is 1.30 bits per heavy atom. The SMILES string of the molecule is [15NH2]c1[15n]c[14n]c2nc[nH]c12. The summed E-state index contributed by atoms with van der Waals surface area (Å²) >= 11 is 0. The van der Waals surface area contributed by atoms with Crippen molar-refractivity contribution >= 4 is 17.0 Å². The fourth-order valence-corrected chi connectivity index (χ4v) is 0.784. The molecule has 0 saturated heterocycles. The van der Waals surface area contributed by atoms with E-state index < -0.39 is 0 Å². The second-order valence-electron chi connectivity index (χ2n) is 1.86. The predicted molar refractivity (Wildman–Crippen MR) is 36.1 cm³/mol. The number of fused-ring (bicyclic) bond motifs is 1. The minimum atomic E-state index is 0.433. The highest BCUT2D eigenvalue weighted by Crippen LogP contribution is 2.09. The maximum absolute atomic E-state index is 5.48. The van der Waals surface area contributed by atoms with Gasteiger partial charge in [-0.15, -0.1) is 0 Å². The lowest BCUT2D eigenvalue weighted by Crippen LogP contribution is -1.91. The van der Waals surface area contributed by atoms with Gasteiger partial charge in [-0.2, -0.15) is 0 Å². The van der Waals surface area contributed by atoms with Crippen LogP contribution in [0.3, 0.4) is 0 Å². The molecule has 0 amide bonds. The smallest absolute Gasteiger partial charge is 0.182 e. The van der Waals surface area contributed by atoms with Gasteiger partial charge >= 0.3 is 0 Å². The normalized spacial score (nSPS) is 10.4. The Hall–Kier alpha value is -1.65. The summed E-state index contributed by atoms with van der Waals surface area (Å²) in [6, 6.07) is 0. The highest BCUT2D eigenvalue weighted by Gasteiger charge is 1.99. The molecule has 0 aromatic carbocycles. The van der Waals surface area contributed by atoms with Gasteiger partial charge in [0.25, 0.3) is 0 Å². The summed E-state index contributed by atoms with van der Waals surface area (Å²) < 4.78 is 0. The summed E-state index contributed by atoms with van der Waals surface area (Å²) in [7, 11) is 0. The maximum atomic E-state index is 5.48. The first-order valence-corrected chi connectivity index (χ1v) is 2.77. The molecule has 2 heterocycles. The Labute approximate surface area is 56.3 Å². The molecule has 0 fully saturated rings. The predicted octanol–water partition coefficient (Wildman–Crippen LogP) is -0.0649. The number of nitrogens with two attached hydrogens (primary N) is 1. The Bertz CT molecular complexity index is 352. The number of hydrogen-bond acceptors (Lipinski definition) is 4. The van der Waals surface area contributed by atoms with Crippen LogP contribution in [-0.4, -0.2) is 19.9 Å². The van der Waals surface area contributed by atoms with E-state index in [1.54, 1.807) is 0 Å². The first kappa shape index (κ1) is 5.16. The molecule has 0 aliphatic carbocycles. The number of anilines is 1. The third-order valence-electron chi connectivity index (χ3n) is 1.25. The number of imidazole rings is 1. The zero-order valence-corrected chi connectivity index (χ0v) is 5.07. The molecule has 0 aliphatic rings. The molecule has 5 nitrogen and oxygen atoms in total. The average Bonchev–Trinajstić information content (AvgIpc) is 2.36. The molecule has 0 bridgehead atoms. The van der Waals surface area contributed by atoms with Gasteiger partial charge in [-0.1, -0.05) is 0 Å². The lowest BCUT2D eigenvalue weighted by Gasteiger charge is -1.89. The lowest BCUT2D eigenvalue weighted by atomic mass is 10.5. The molecule has 3 N–H and O–H groups in total. The Morgan fingerprint density at radius 2 is 2.20 bits per heavy atom. The van der Waals surface area contributed by atoms with Crippen molar-refractivity contribution in [3.05, 3.63) is 12.7 Å². The number of nitrogens with one attached hydrogen (secondary N) is 1. The van der Waals surface area contributed by atoms with E-state index in [-0.39, 0.29) is 0 Å². The topological polar surface area (TPSA) is 80.5 Å². The van der Waals surface area contributed by atoms with Crippen molar-refractivity contribution in [3.8, 4) is 0 Å². The zero-order valence-electron chi connectivity index (χ0n) is 5.07. The second-order valence-corrected chi connectivity index (χ2v) is 1.86. The zero-order chi connectivity index (χ0) is 6.97. The van der Waals surface area contributed by atoms with Crippen molar-refractivity contribution in [1.82, 2.24) is 19.9 Å². The van der Waals surface area contributed by atoms with Crippen LogP contribution in [0.4, 0.5) is 5.82 Å². The van der Waals surface area contributed by atoms with Gasteiger partial charge in [0.15, 0.2) is 11.5 Å². The van der Waals surface area contributed by atoms with Crippen LogP contribution in [-0.2, 0) is 0 Å². The molecule has 2 rings (SSSR count). The molecule has 0 saturated carbocycles. The third-order valence-corrected chi connectivity index (χ3v) is 1.25. The lowest BCUT2D eigenvalue weighted by molar-refractivity contribution is 1.21. The fourth-order valence-electron chi connectivity index (χ4n) is 0.784. The third kappa shape index (κ3) is 0.540. The van der Waals surface area contributed by atoms with Crippen molar-refractivity contribution < 1.29 is 0 Å². The largest absolute Gasteiger partial charge is 0.382 e. The van der Waals surface area contributed by atoms with E-state index in [9.17, 15) is 0 Å². The summed E-state index contributed by atoms with van der Waals surface area (Å²) in [6.07, 6.45) is 2.92. The van der Waals surface area contributed by atoms with E-state index in [0.717, 1.165) is 0 Å². The van der Waals surface area contributed by atoms with Crippen LogP contribution in [0.15, 0.2) is 12.7 Å². The molecule has 10 heavy (non-hydrogen) atoms. The molecule has 2 aromatic heterocycles. The minimum Gasteiger partial charge on any atom is -0.382 e. The van der Waals surface area contributed by atoms with Gasteiger partial charge < -0.3 is 10.7 Å². The van der Waals surface area contributed by atoms with E-state index in [1.165, 1.54) is 12.7 Å². The average molecular weight is 137 g/mol. The van der Waals surface area contributed by atoms with Crippen molar-refractivity contribution in [2.45, 2.75) is 0 Å². The molecular weight excluding hydrogens is 132 g/mol. The maximum Gasteiger partial charge on any atom is 0.182 e. The van der Waals surface area contributed by atoms with Gasteiger partial charge in [-0.05, 0) is 0 Å². The van der Waals surface area contributed by atoms with Crippen molar-refractivity contribution in [3.63, 3.8) is 0 Å². The first-order chi connectivity index (χ1) is 4.88. The Balaban J connectivity index is 2.95. The van der Waals surface area contributed by atoms with Crippen LogP contribution in [0, 0.1) is 0 Å². The fraction of sp³-hybridized carbons (Fsp3) is 0. The standard InChI is InChI=1S/C5H5N5/c6-4-3-5(9-1-7-3)10-2-8-4/h1-2H,(H3,6,7,8,9,10)/i6+1,8+1,10+0. The van der Waals surface area contributed by atoms with Crippen molar-refractivity contribution in [2.75, 3.05) is 5.73 Å². The second kappa shape index (κ2) is 1.66. The van der Waals surface area contributed by atoms with Gasteiger partial charge in [0.05, 0.1) is 6.33 Å². The Kier molecular flexibility index (Phi) is 0.858. The van der Waals surface area contributed by atoms with E-state index in [0.29, 0.717) is 17.0 Å². The highest BCUT2D eigenvalue weighted by atomic mass is 15.6. The monoisotopic (exact) mass is 137 g/mol. The highest BCUT2D eigenvalue weighted by molar-refractivity contribution is 5.80. The molecule has 0 unspecified atom stereocenters. The van der Waals surface area contributed by atoms with Crippen molar-refractivity contribution in [2.24, 2.45) is 0 Å². The van der Waals surface area contributed by atoms with E-state index in [1.807, 2.05) is 0 Å². The molecule has 2 aromatic rings. The number of aromatic nitrogens is 4. The van der Waals surface area contributed by atoms with Gasteiger partial charge in [0, 0.05) is 0 Å². The summed E-state index contributed by atoms with van der Waals surface area (Å²) in [5, 5.41) is 0. The molecule has 5 heteroatoms. The van der Waals surface area contributed by atoms with Crippen molar-refractivity contribution in [1.29, 1.82) is 0 Å². The number of rotatable bonds is 0. The summed E-state index contributed by atoms with van der Waals surface area (Å²) in [4.78, 5) is 14.4. The number of hydrogen-bond donors (Lipinski definition) is 2. The summed E-state index contributed by atoms with van der Waals surface area (Å²) in [5.74, 6) is 0.433.